The zero-order valence-corrected chi connectivity index (χ0v) is 12.9. The van der Waals surface area contributed by atoms with E-state index >= 15 is 0 Å². The van der Waals surface area contributed by atoms with Gasteiger partial charge in [-0.15, -0.1) is 11.3 Å². The van der Waals surface area contributed by atoms with Crippen molar-refractivity contribution in [1.29, 1.82) is 0 Å². The van der Waals surface area contributed by atoms with Crippen molar-refractivity contribution < 1.29 is 14.6 Å². The fourth-order valence-corrected chi connectivity index (χ4v) is 2.91. The number of nitrogens with two attached hydrogens (primary N) is 2. The Kier molecular flexibility index (Phi) is 5.16. The first-order chi connectivity index (χ1) is 10.5. The fraction of sp³-hybridized carbons (Fsp3) is 0.357. The van der Waals surface area contributed by atoms with Gasteiger partial charge >= 0.3 is 5.97 Å². The Morgan fingerprint density at radius 3 is 2.77 bits per heavy atom. The molecule has 0 aliphatic carbocycles. The second kappa shape index (κ2) is 7.08. The van der Waals surface area contributed by atoms with Crippen LogP contribution >= 0.6 is 11.3 Å². The van der Waals surface area contributed by atoms with Crippen molar-refractivity contribution in [2.45, 2.75) is 25.7 Å². The molecule has 5 N–H and O–H groups in total. The smallest absolute Gasteiger partial charge is 0.348 e. The van der Waals surface area contributed by atoms with E-state index in [9.17, 15) is 9.90 Å². The minimum Gasteiger partial charge on any atom is -0.493 e. The molecule has 0 fully saturated rings. The summed E-state index contributed by atoms with van der Waals surface area (Å²) in [4.78, 5) is 20.4. The standard InChI is InChI=1S/C14H17N4O3S/c1-21-13(20)10-7-6-8(22-10)4-2-3-5-9-11(15)17-14(16)18-12(9)19/h6H,2-5H2,1H3,(H5,15,16,17,18,19). The molecule has 7 nitrogen and oxygen atoms in total. The molecule has 8 heteroatoms. The van der Waals surface area contributed by atoms with Crippen molar-refractivity contribution in [3.63, 3.8) is 0 Å². The average molecular weight is 321 g/mol. The van der Waals surface area contributed by atoms with Crippen molar-refractivity contribution in [3.8, 4) is 5.88 Å². The first-order valence-corrected chi connectivity index (χ1v) is 7.52. The number of carbonyl (C=O) groups excluding carboxylic acids is 1. The highest BCUT2D eigenvalue weighted by molar-refractivity contribution is 7.13. The number of carbonyl (C=O) groups is 1. The van der Waals surface area contributed by atoms with Gasteiger partial charge in [-0.3, -0.25) is 0 Å². The number of anilines is 2. The largest absolute Gasteiger partial charge is 0.493 e. The SMILES string of the molecule is COC(=O)c1[c]cc(CCCCc2c(N)nc(N)nc2O)s1. The summed E-state index contributed by atoms with van der Waals surface area (Å²) in [5.41, 5.74) is 11.6. The van der Waals surface area contributed by atoms with Gasteiger partial charge in [-0.2, -0.15) is 9.97 Å². The lowest BCUT2D eigenvalue weighted by atomic mass is 10.1. The number of ether oxygens (including phenoxy) is 1. The third-order valence-corrected chi connectivity index (χ3v) is 4.18. The van der Waals surface area contributed by atoms with Crippen LogP contribution in [0.2, 0.25) is 0 Å². The van der Waals surface area contributed by atoms with Crippen LogP contribution in [0, 0.1) is 6.07 Å². The van der Waals surface area contributed by atoms with Gasteiger partial charge in [0.15, 0.2) is 0 Å². The second-order valence-corrected chi connectivity index (χ2v) is 5.79. The molecule has 0 bridgehead atoms. The number of aryl methyl sites for hydroxylation is 1. The molecule has 0 atom stereocenters. The van der Waals surface area contributed by atoms with Crippen molar-refractivity contribution in [1.82, 2.24) is 9.97 Å². The third-order valence-electron chi connectivity index (χ3n) is 3.10. The molecule has 22 heavy (non-hydrogen) atoms. The fourth-order valence-electron chi connectivity index (χ4n) is 2.00. The van der Waals surface area contributed by atoms with Crippen molar-refractivity contribution in [2.24, 2.45) is 0 Å². The molecule has 1 radical (unpaired) electrons. The van der Waals surface area contributed by atoms with Gasteiger partial charge in [0.25, 0.3) is 0 Å². The van der Waals surface area contributed by atoms with E-state index in [-0.39, 0.29) is 23.6 Å². The zero-order chi connectivity index (χ0) is 16.1. The lowest BCUT2D eigenvalue weighted by Crippen LogP contribution is -2.04. The Labute approximate surface area is 132 Å². The number of methoxy groups -OCH3 is 1. The predicted octanol–water partition coefficient (Wildman–Crippen LogP) is 1.56. The molecule has 2 rings (SSSR count). The Morgan fingerprint density at radius 1 is 1.36 bits per heavy atom. The number of unbranched alkanes of at least 4 members (excludes halogenated alkanes) is 1. The molecule has 0 aromatic carbocycles. The van der Waals surface area contributed by atoms with Crippen molar-refractivity contribution >= 4 is 29.1 Å². The molecular formula is C14H17N4O3S. The summed E-state index contributed by atoms with van der Waals surface area (Å²) in [6.45, 7) is 0. The van der Waals surface area contributed by atoms with Crippen LogP contribution in [0.5, 0.6) is 5.88 Å². The summed E-state index contributed by atoms with van der Waals surface area (Å²) in [5.74, 6) is -0.360. The van der Waals surface area contributed by atoms with Gasteiger partial charge in [0.05, 0.1) is 12.7 Å². The molecule has 0 aliphatic rings. The van der Waals surface area contributed by atoms with E-state index in [0.29, 0.717) is 16.9 Å². The summed E-state index contributed by atoms with van der Waals surface area (Å²) >= 11 is 1.37. The number of aromatic nitrogens is 2. The van der Waals surface area contributed by atoms with Gasteiger partial charge < -0.3 is 21.3 Å². The van der Waals surface area contributed by atoms with E-state index in [2.05, 4.69) is 20.8 Å². The number of nitrogen functional groups attached to an aromatic ring is 2. The van der Waals surface area contributed by atoms with Crippen LogP contribution in [0.4, 0.5) is 11.8 Å². The zero-order valence-electron chi connectivity index (χ0n) is 12.1. The van der Waals surface area contributed by atoms with E-state index in [0.717, 1.165) is 24.1 Å². The molecule has 0 saturated heterocycles. The maximum atomic E-state index is 11.3. The summed E-state index contributed by atoms with van der Waals surface area (Å²) in [5, 5.41) is 9.71. The molecule has 0 unspecified atom stereocenters. The maximum Gasteiger partial charge on any atom is 0.348 e. The number of hydrogen-bond acceptors (Lipinski definition) is 8. The number of thiophene rings is 1. The summed E-state index contributed by atoms with van der Waals surface area (Å²) in [6.07, 6.45) is 3.06. The van der Waals surface area contributed by atoms with Gasteiger partial charge in [0, 0.05) is 10.9 Å². The minimum atomic E-state index is -0.368. The van der Waals surface area contributed by atoms with Gasteiger partial charge in [0.1, 0.15) is 10.7 Å². The van der Waals surface area contributed by atoms with Crippen LogP contribution in [0.3, 0.4) is 0 Å². The predicted molar refractivity (Wildman–Crippen MR) is 83.7 cm³/mol. The minimum absolute atomic E-state index is 0.0387. The maximum absolute atomic E-state index is 11.3. The van der Waals surface area contributed by atoms with E-state index in [1.165, 1.54) is 18.4 Å². The van der Waals surface area contributed by atoms with Gasteiger partial charge in [0.2, 0.25) is 11.8 Å². The van der Waals surface area contributed by atoms with Gasteiger partial charge in [-0.25, -0.2) is 4.79 Å². The molecule has 0 aliphatic heterocycles. The van der Waals surface area contributed by atoms with Crippen LogP contribution in [0.1, 0.15) is 33.0 Å². The number of hydrogen-bond donors (Lipinski definition) is 3. The molecule has 0 spiro atoms. The van der Waals surface area contributed by atoms with Crippen LogP contribution < -0.4 is 11.5 Å². The highest BCUT2D eigenvalue weighted by atomic mass is 32.1. The normalized spacial score (nSPS) is 10.6. The summed E-state index contributed by atoms with van der Waals surface area (Å²) in [7, 11) is 1.35. The molecule has 2 aromatic heterocycles. The van der Waals surface area contributed by atoms with Crippen LogP contribution in [-0.4, -0.2) is 28.2 Å². The highest BCUT2D eigenvalue weighted by Gasteiger charge is 2.11. The Hall–Kier alpha value is -2.35. The Morgan fingerprint density at radius 2 is 2.09 bits per heavy atom. The van der Waals surface area contributed by atoms with Crippen molar-refractivity contribution in [3.05, 3.63) is 27.5 Å². The second-order valence-electron chi connectivity index (χ2n) is 4.65. The molecule has 2 heterocycles. The average Bonchev–Trinajstić information content (AvgIpc) is 2.93. The highest BCUT2D eigenvalue weighted by Crippen LogP contribution is 2.24. The molecule has 117 valence electrons. The van der Waals surface area contributed by atoms with Crippen LogP contribution in [-0.2, 0) is 17.6 Å². The first-order valence-electron chi connectivity index (χ1n) is 6.70. The van der Waals surface area contributed by atoms with Crippen molar-refractivity contribution in [2.75, 3.05) is 18.6 Å². The molecule has 2 aromatic rings. The van der Waals surface area contributed by atoms with E-state index in [1.54, 1.807) is 6.07 Å². The Bertz CT molecular complexity index is 649. The van der Waals surface area contributed by atoms with Gasteiger partial charge in [-0.05, 0) is 31.7 Å². The Balaban J connectivity index is 1.85. The van der Waals surface area contributed by atoms with Crippen LogP contribution in [0.15, 0.2) is 6.07 Å². The van der Waals surface area contributed by atoms with Gasteiger partial charge in [-0.1, -0.05) is 0 Å². The van der Waals surface area contributed by atoms with E-state index < -0.39 is 0 Å². The first kappa shape index (κ1) is 16.0. The topological polar surface area (TPSA) is 124 Å². The number of nitrogens with zero attached hydrogens (tertiary/aromatic N) is 2. The molecule has 0 saturated carbocycles. The lowest BCUT2D eigenvalue weighted by molar-refractivity contribution is 0.0606. The number of aromatic hydroxyl groups is 1. The number of esters is 1. The third kappa shape index (κ3) is 3.85. The number of rotatable bonds is 6. The summed E-state index contributed by atoms with van der Waals surface area (Å²) in [6, 6.07) is 4.69. The lowest BCUT2D eigenvalue weighted by Gasteiger charge is -2.07. The monoisotopic (exact) mass is 321 g/mol. The van der Waals surface area contributed by atoms with Crippen LogP contribution in [0.25, 0.3) is 0 Å². The molecular weight excluding hydrogens is 304 g/mol. The van der Waals surface area contributed by atoms with E-state index in [4.69, 9.17) is 11.5 Å². The molecule has 0 amide bonds. The van der Waals surface area contributed by atoms with E-state index in [1.807, 2.05) is 0 Å². The quantitative estimate of drug-likeness (QED) is 0.544. The summed E-state index contributed by atoms with van der Waals surface area (Å²) < 4.78 is 4.64.